The predicted octanol–water partition coefficient (Wildman–Crippen LogP) is 1.93. The van der Waals surface area contributed by atoms with E-state index in [2.05, 4.69) is 4.98 Å². The number of aromatic nitrogens is 1. The van der Waals surface area contributed by atoms with Gasteiger partial charge in [-0.2, -0.15) is 0 Å². The van der Waals surface area contributed by atoms with Crippen molar-refractivity contribution >= 4 is 5.78 Å². The van der Waals surface area contributed by atoms with Crippen LogP contribution < -0.4 is 4.74 Å². The van der Waals surface area contributed by atoms with Crippen molar-refractivity contribution in [1.29, 1.82) is 0 Å². The molecule has 0 radical (unpaired) electrons. The molecular formula is C10H13NO2. The van der Waals surface area contributed by atoms with Gasteiger partial charge in [0.2, 0.25) is 5.88 Å². The Bertz CT molecular complexity index is 308. The molecule has 0 aliphatic rings. The maximum Gasteiger partial charge on any atom is 0.213 e. The van der Waals surface area contributed by atoms with Crippen LogP contribution in [0.15, 0.2) is 18.3 Å². The van der Waals surface area contributed by atoms with Gasteiger partial charge in [0.15, 0.2) is 5.78 Å². The highest BCUT2D eigenvalue weighted by atomic mass is 16.5. The van der Waals surface area contributed by atoms with Crippen LogP contribution in [0.5, 0.6) is 5.88 Å². The van der Waals surface area contributed by atoms with Gasteiger partial charge in [0.25, 0.3) is 0 Å². The van der Waals surface area contributed by atoms with Crippen LogP contribution in [0.2, 0.25) is 0 Å². The molecule has 1 aromatic heterocycles. The minimum absolute atomic E-state index is 0.00658. The van der Waals surface area contributed by atoms with Gasteiger partial charge in [-0.15, -0.1) is 0 Å². The van der Waals surface area contributed by atoms with Crippen LogP contribution in [0.3, 0.4) is 0 Å². The molecule has 0 aliphatic carbocycles. The van der Waals surface area contributed by atoms with E-state index in [0.717, 1.165) is 0 Å². The summed E-state index contributed by atoms with van der Waals surface area (Å²) < 4.78 is 4.92. The van der Waals surface area contributed by atoms with Gasteiger partial charge in [0.1, 0.15) is 0 Å². The summed E-state index contributed by atoms with van der Waals surface area (Å²) in [5, 5.41) is 0. The molecule has 0 unspecified atom stereocenters. The Morgan fingerprint density at radius 3 is 2.77 bits per heavy atom. The average molecular weight is 179 g/mol. The fourth-order valence-electron chi connectivity index (χ4n) is 1.01. The van der Waals surface area contributed by atoms with Crippen molar-refractivity contribution in [1.82, 2.24) is 4.98 Å². The normalized spacial score (nSPS) is 10.2. The lowest BCUT2D eigenvalue weighted by Crippen LogP contribution is -2.07. The summed E-state index contributed by atoms with van der Waals surface area (Å²) in [6, 6.07) is 3.35. The molecule has 3 nitrogen and oxygen atoms in total. The third-order valence-electron chi connectivity index (χ3n) is 1.75. The average Bonchev–Trinajstić information content (AvgIpc) is 2.16. The first-order valence-corrected chi connectivity index (χ1v) is 4.19. The van der Waals surface area contributed by atoms with E-state index in [-0.39, 0.29) is 11.7 Å². The molecule has 0 bridgehead atoms. The summed E-state index contributed by atoms with van der Waals surface area (Å²) in [6.45, 7) is 3.74. The van der Waals surface area contributed by atoms with Crippen molar-refractivity contribution in [3.63, 3.8) is 0 Å². The number of ketones is 1. The minimum atomic E-state index is 0.00658. The zero-order valence-electron chi connectivity index (χ0n) is 8.07. The first-order valence-electron chi connectivity index (χ1n) is 4.19. The van der Waals surface area contributed by atoms with E-state index in [9.17, 15) is 4.79 Å². The molecule has 0 saturated heterocycles. The first kappa shape index (κ1) is 9.71. The number of hydrogen-bond donors (Lipinski definition) is 0. The second-order valence-electron chi connectivity index (χ2n) is 3.11. The van der Waals surface area contributed by atoms with E-state index in [1.54, 1.807) is 18.3 Å². The molecular weight excluding hydrogens is 166 g/mol. The number of methoxy groups -OCH3 is 1. The summed E-state index contributed by atoms with van der Waals surface area (Å²) in [6.07, 6.45) is 1.58. The van der Waals surface area contributed by atoms with Gasteiger partial charge < -0.3 is 4.74 Å². The number of carbonyl (C=O) groups is 1. The summed E-state index contributed by atoms with van der Waals surface area (Å²) in [5.41, 5.74) is 0.654. The number of carbonyl (C=O) groups excluding carboxylic acids is 1. The zero-order valence-corrected chi connectivity index (χ0v) is 8.07. The molecule has 70 valence electrons. The molecule has 0 spiro atoms. The lowest BCUT2D eigenvalue weighted by atomic mass is 10.0. The molecule has 1 rings (SSSR count). The Morgan fingerprint density at radius 1 is 1.54 bits per heavy atom. The van der Waals surface area contributed by atoms with Crippen molar-refractivity contribution < 1.29 is 9.53 Å². The number of hydrogen-bond acceptors (Lipinski definition) is 3. The Hall–Kier alpha value is -1.38. The van der Waals surface area contributed by atoms with E-state index in [0.29, 0.717) is 11.4 Å². The molecule has 0 aliphatic heterocycles. The van der Waals surface area contributed by atoms with Crippen LogP contribution in [0.4, 0.5) is 0 Å². The third kappa shape index (κ3) is 2.28. The van der Waals surface area contributed by atoms with Gasteiger partial charge in [-0.05, 0) is 6.07 Å². The van der Waals surface area contributed by atoms with Gasteiger partial charge in [0, 0.05) is 23.7 Å². The Kier molecular flexibility index (Phi) is 3.01. The first-order chi connectivity index (χ1) is 6.15. The van der Waals surface area contributed by atoms with E-state index in [4.69, 9.17) is 4.74 Å². The number of ether oxygens (including phenoxy) is 1. The minimum Gasteiger partial charge on any atom is -0.481 e. The zero-order chi connectivity index (χ0) is 9.84. The molecule has 3 heteroatoms. The maximum absolute atomic E-state index is 11.5. The molecule has 0 fully saturated rings. The largest absolute Gasteiger partial charge is 0.481 e. The fraction of sp³-hybridized carbons (Fsp3) is 0.400. The van der Waals surface area contributed by atoms with Crippen LogP contribution >= 0.6 is 0 Å². The van der Waals surface area contributed by atoms with E-state index < -0.39 is 0 Å². The summed E-state index contributed by atoms with van der Waals surface area (Å²) >= 11 is 0. The van der Waals surface area contributed by atoms with Crippen LogP contribution in [-0.2, 0) is 0 Å². The standard InChI is InChI=1S/C10H13NO2/c1-7(2)10(12)8-4-5-11-9(6-8)13-3/h4-7H,1-3H3. The van der Waals surface area contributed by atoms with Gasteiger partial charge in [0.05, 0.1) is 7.11 Å². The van der Waals surface area contributed by atoms with Crippen molar-refractivity contribution in [3.8, 4) is 5.88 Å². The summed E-state index contributed by atoms with van der Waals surface area (Å²) in [7, 11) is 1.53. The lowest BCUT2D eigenvalue weighted by molar-refractivity contribution is 0.0939. The molecule has 0 amide bonds. The van der Waals surface area contributed by atoms with E-state index >= 15 is 0 Å². The van der Waals surface area contributed by atoms with Crippen molar-refractivity contribution in [2.24, 2.45) is 5.92 Å². The molecule has 1 aromatic rings. The van der Waals surface area contributed by atoms with Crippen LogP contribution in [0.1, 0.15) is 24.2 Å². The number of rotatable bonds is 3. The van der Waals surface area contributed by atoms with Crippen molar-refractivity contribution in [2.45, 2.75) is 13.8 Å². The molecule has 1 heterocycles. The second-order valence-corrected chi connectivity index (χ2v) is 3.11. The van der Waals surface area contributed by atoms with Crippen molar-refractivity contribution in [3.05, 3.63) is 23.9 Å². The molecule has 13 heavy (non-hydrogen) atoms. The molecule has 0 saturated carbocycles. The number of nitrogens with zero attached hydrogens (tertiary/aromatic N) is 1. The Labute approximate surface area is 77.8 Å². The topological polar surface area (TPSA) is 39.2 Å². The van der Waals surface area contributed by atoms with Crippen LogP contribution in [0.25, 0.3) is 0 Å². The SMILES string of the molecule is COc1cc(C(=O)C(C)C)ccn1. The highest BCUT2D eigenvalue weighted by molar-refractivity contribution is 5.97. The smallest absolute Gasteiger partial charge is 0.213 e. The Morgan fingerprint density at radius 2 is 2.23 bits per heavy atom. The summed E-state index contributed by atoms with van der Waals surface area (Å²) in [5.74, 6) is 0.597. The van der Waals surface area contributed by atoms with Gasteiger partial charge in [-0.3, -0.25) is 4.79 Å². The quantitative estimate of drug-likeness (QED) is 0.665. The van der Waals surface area contributed by atoms with E-state index in [1.165, 1.54) is 7.11 Å². The highest BCUT2D eigenvalue weighted by Crippen LogP contribution is 2.12. The third-order valence-corrected chi connectivity index (χ3v) is 1.75. The Balaban J connectivity index is 2.95. The maximum atomic E-state index is 11.5. The summed E-state index contributed by atoms with van der Waals surface area (Å²) in [4.78, 5) is 15.5. The van der Waals surface area contributed by atoms with Crippen LogP contribution in [0, 0.1) is 5.92 Å². The van der Waals surface area contributed by atoms with Gasteiger partial charge in [-0.25, -0.2) is 4.98 Å². The monoisotopic (exact) mass is 179 g/mol. The van der Waals surface area contributed by atoms with Gasteiger partial charge in [-0.1, -0.05) is 13.8 Å². The lowest BCUT2D eigenvalue weighted by Gasteiger charge is -2.04. The number of pyridine rings is 1. The molecule has 0 N–H and O–H groups in total. The fourth-order valence-corrected chi connectivity index (χ4v) is 1.01. The highest BCUT2D eigenvalue weighted by Gasteiger charge is 2.10. The predicted molar refractivity (Wildman–Crippen MR) is 50.0 cm³/mol. The van der Waals surface area contributed by atoms with Crippen molar-refractivity contribution in [2.75, 3.05) is 7.11 Å². The number of Topliss-reactive ketones (excluding diaryl/α,β-unsaturated/α-hetero) is 1. The molecule has 0 aromatic carbocycles. The van der Waals surface area contributed by atoms with Gasteiger partial charge >= 0.3 is 0 Å². The van der Waals surface area contributed by atoms with E-state index in [1.807, 2.05) is 13.8 Å². The second kappa shape index (κ2) is 4.03. The molecule has 0 atom stereocenters. The van der Waals surface area contributed by atoms with Crippen LogP contribution in [-0.4, -0.2) is 17.9 Å².